The number of carbonyl (C=O) groups excluding carboxylic acids is 3. The number of anilines is 2. The number of thiazole rings is 1. The molecule has 0 spiro atoms. The maximum atomic E-state index is 12.8. The van der Waals surface area contributed by atoms with E-state index in [2.05, 4.69) is 15.7 Å². The number of benzene rings is 2. The van der Waals surface area contributed by atoms with E-state index in [1.165, 1.54) is 11.3 Å². The van der Waals surface area contributed by atoms with Gasteiger partial charge in [-0.1, -0.05) is 35.6 Å². The van der Waals surface area contributed by atoms with Gasteiger partial charge >= 0.3 is 0 Å². The number of allylic oxidation sites excluding steroid dienone is 2. The van der Waals surface area contributed by atoms with Crippen molar-refractivity contribution in [1.82, 2.24) is 9.99 Å². The zero-order chi connectivity index (χ0) is 22.2. The van der Waals surface area contributed by atoms with Crippen LogP contribution in [0.5, 0.6) is 5.75 Å². The van der Waals surface area contributed by atoms with E-state index in [1.807, 2.05) is 30.4 Å². The van der Waals surface area contributed by atoms with Crippen molar-refractivity contribution in [3.05, 3.63) is 60.2 Å². The van der Waals surface area contributed by atoms with E-state index < -0.39 is 0 Å². The Labute approximate surface area is 187 Å². The molecule has 2 aromatic carbocycles. The third kappa shape index (κ3) is 3.50. The number of para-hydroxylation sites is 1. The molecule has 2 aliphatic rings. The number of amides is 3. The fraction of sp³-hybridized carbons (Fsp3) is 0.217. The molecular weight excluding hydrogens is 428 g/mol. The van der Waals surface area contributed by atoms with Crippen LogP contribution in [0.4, 0.5) is 10.8 Å². The van der Waals surface area contributed by atoms with Gasteiger partial charge in [0.25, 0.3) is 17.7 Å². The average Bonchev–Trinajstić information content (AvgIpc) is 3.33. The molecule has 9 heteroatoms. The monoisotopic (exact) mass is 448 g/mol. The van der Waals surface area contributed by atoms with Crippen molar-refractivity contribution in [3.63, 3.8) is 0 Å². The first kappa shape index (κ1) is 20.2. The third-order valence-electron chi connectivity index (χ3n) is 5.70. The summed E-state index contributed by atoms with van der Waals surface area (Å²) in [5, 5.41) is 4.34. The van der Waals surface area contributed by atoms with Crippen molar-refractivity contribution < 1.29 is 19.1 Å². The van der Waals surface area contributed by atoms with E-state index in [9.17, 15) is 14.4 Å². The zero-order valence-corrected chi connectivity index (χ0v) is 18.0. The van der Waals surface area contributed by atoms with Crippen LogP contribution in [0.2, 0.25) is 0 Å². The summed E-state index contributed by atoms with van der Waals surface area (Å²) in [6.45, 7) is 0. The number of hydrazine groups is 1. The van der Waals surface area contributed by atoms with Crippen LogP contribution in [0.3, 0.4) is 0 Å². The van der Waals surface area contributed by atoms with Gasteiger partial charge in [0.15, 0.2) is 5.13 Å². The molecule has 3 aromatic rings. The minimum Gasteiger partial charge on any atom is -0.494 e. The molecule has 2 unspecified atom stereocenters. The Bertz CT molecular complexity index is 1240. The molecule has 2 heterocycles. The molecule has 8 nitrogen and oxygen atoms in total. The van der Waals surface area contributed by atoms with E-state index in [4.69, 9.17) is 4.74 Å². The number of ether oxygens (including phenoxy) is 1. The number of nitrogens with zero attached hydrogens (tertiary/aromatic N) is 2. The quantitative estimate of drug-likeness (QED) is 0.454. The van der Waals surface area contributed by atoms with E-state index in [-0.39, 0.29) is 29.6 Å². The van der Waals surface area contributed by atoms with Crippen molar-refractivity contribution in [1.29, 1.82) is 0 Å². The lowest BCUT2D eigenvalue weighted by Gasteiger charge is -2.17. The van der Waals surface area contributed by atoms with Crippen LogP contribution in [0.1, 0.15) is 23.2 Å². The largest absolute Gasteiger partial charge is 0.494 e. The van der Waals surface area contributed by atoms with Crippen molar-refractivity contribution in [2.45, 2.75) is 12.8 Å². The first-order valence-electron chi connectivity index (χ1n) is 10.2. The summed E-state index contributed by atoms with van der Waals surface area (Å²) >= 11 is 1.35. The van der Waals surface area contributed by atoms with Gasteiger partial charge in [0, 0.05) is 5.56 Å². The van der Waals surface area contributed by atoms with Crippen molar-refractivity contribution in [2.75, 3.05) is 17.9 Å². The molecule has 1 aliphatic heterocycles. The number of fused-ring (bicyclic) bond motifs is 2. The van der Waals surface area contributed by atoms with Gasteiger partial charge in [0.2, 0.25) is 0 Å². The van der Waals surface area contributed by atoms with Gasteiger partial charge < -0.3 is 4.74 Å². The first-order chi connectivity index (χ1) is 15.5. The summed E-state index contributed by atoms with van der Waals surface area (Å²) in [5.74, 6) is -0.806. The smallest absolute Gasteiger partial charge is 0.257 e. The number of rotatable bonds is 5. The van der Waals surface area contributed by atoms with Gasteiger partial charge in [0.05, 0.1) is 29.3 Å². The Hall–Kier alpha value is -3.72. The molecule has 32 heavy (non-hydrogen) atoms. The molecule has 1 aliphatic carbocycles. The highest BCUT2D eigenvalue weighted by Crippen LogP contribution is 2.35. The van der Waals surface area contributed by atoms with E-state index in [0.29, 0.717) is 40.5 Å². The molecule has 0 saturated carbocycles. The lowest BCUT2D eigenvalue weighted by atomic mass is 9.85. The SMILES string of the molecule is COc1cccc2sc(NC(=O)c3cccc(NN4C(=O)C5CC=CCC5C4=O)c3)nc12. The fourth-order valence-corrected chi connectivity index (χ4v) is 4.96. The molecular formula is C23H20N4O4S. The van der Waals surface area contributed by atoms with E-state index in [0.717, 1.165) is 9.71 Å². The zero-order valence-electron chi connectivity index (χ0n) is 17.2. The second-order valence-electron chi connectivity index (χ2n) is 7.64. The molecule has 2 atom stereocenters. The molecule has 3 amide bonds. The fourth-order valence-electron chi connectivity index (χ4n) is 4.08. The van der Waals surface area contributed by atoms with Gasteiger partial charge in [-0.05, 0) is 43.2 Å². The number of hydrogen-bond donors (Lipinski definition) is 2. The van der Waals surface area contributed by atoms with Crippen LogP contribution in [0.25, 0.3) is 10.2 Å². The molecule has 1 aromatic heterocycles. The van der Waals surface area contributed by atoms with Crippen LogP contribution in [-0.2, 0) is 9.59 Å². The van der Waals surface area contributed by atoms with Crippen molar-refractivity contribution in [2.24, 2.45) is 11.8 Å². The second kappa shape index (κ2) is 8.08. The molecule has 5 rings (SSSR count). The van der Waals surface area contributed by atoms with Crippen LogP contribution in [0, 0.1) is 11.8 Å². The highest BCUT2D eigenvalue weighted by Gasteiger charge is 2.47. The third-order valence-corrected chi connectivity index (χ3v) is 6.63. The number of aromatic nitrogens is 1. The Morgan fingerprint density at radius 3 is 2.53 bits per heavy atom. The van der Waals surface area contributed by atoms with Gasteiger partial charge in [-0.2, -0.15) is 5.01 Å². The molecule has 2 N–H and O–H groups in total. The van der Waals surface area contributed by atoms with Crippen LogP contribution >= 0.6 is 11.3 Å². The molecule has 1 fully saturated rings. The summed E-state index contributed by atoms with van der Waals surface area (Å²) < 4.78 is 6.22. The van der Waals surface area contributed by atoms with Crippen LogP contribution in [-0.4, -0.2) is 34.8 Å². The first-order valence-corrected chi connectivity index (χ1v) is 11.0. The second-order valence-corrected chi connectivity index (χ2v) is 8.67. The lowest BCUT2D eigenvalue weighted by molar-refractivity contribution is -0.138. The summed E-state index contributed by atoms with van der Waals surface area (Å²) in [6.07, 6.45) is 5.03. The summed E-state index contributed by atoms with van der Waals surface area (Å²) in [6, 6.07) is 12.3. The Balaban J connectivity index is 1.32. The topological polar surface area (TPSA) is 101 Å². The minimum atomic E-state index is -0.344. The number of nitrogens with one attached hydrogen (secondary N) is 2. The standard InChI is InChI=1S/C23H20N4O4S/c1-31-17-10-5-11-18-19(17)24-23(32-18)25-20(28)13-6-4-7-14(12-13)26-27-21(29)15-8-2-3-9-16(15)22(27)30/h2-7,10-12,15-16,26H,8-9H2,1H3,(H,24,25,28). The van der Waals surface area contributed by atoms with Crippen LogP contribution < -0.4 is 15.5 Å². The van der Waals surface area contributed by atoms with Gasteiger partial charge in [-0.3, -0.25) is 25.1 Å². The summed E-state index contributed by atoms with van der Waals surface area (Å²) in [4.78, 5) is 42.6. The normalized spacial score (nSPS) is 19.8. The Morgan fingerprint density at radius 1 is 1.09 bits per heavy atom. The predicted octanol–water partition coefficient (Wildman–Crippen LogP) is 3.84. The maximum Gasteiger partial charge on any atom is 0.257 e. The minimum absolute atomic E-state index is 0.234. The highest BCUT2D eigenvalue weighted by molar-refractivity contribution is 7.22. The number of carbonyl (C=O) groups is 3. The lowest BCUT2D eigenvalue weighted by Crippen LogP contribution is -2.36. The van der Waals surface area contributed by atoms with Crippen LogP contribution in [0.15, 0.2) is 54.6 Å². The molecule has 0 bridgehead atoms. The Kier molecular flexibility index (Phi) is 5.10. The Morgan fingerprint density at radius 2 is 1.81 bits per heavy atom. The van der Waals surface area contributed by atoms with Gasteiger partial charge in [-0.25, -0.2) is 4.98 Å². The van der Waals surface area contributed by atoms with Crippen molar-refractivity contribution in [3.8, 4) is 5.75 Å². The highest BCUT2D eigenvalue weighted by atomic mass is 32.1. The number of hydrogen-bond acceptors (Lipinski definition) is 7. The van der Waals surface area contributed by atoms with Gasteiger partial charge in [-0.15, -0.1) is 0 Å². The van der Waals surface area contributed by atoms with Gasteiger partial charge in [0.1, 0.15) is 11.3 Å². The summed E-state index contributed by atoms with van der Waals surface area (Å²) in [7, 11) is 1.58. The maximum absolute atomic E-state index is 12.8. The molecule has 162 valence electrons. The molecule has 0 radical (unpaired) electrons. The van der Waals surface area contributed by atoms with E-state index in [1.54, 1.807) is 31.4 Å². The van der Waals surface area contributed by atoms with Crippen molar-refractivity contribution >= 4 is 50.1 Å². The number of methoxy groups -OCH3 is 1. The average molecular weight is 449 g/mol. The molecule has 1 saturated heterocycles. The van der Waals surface area contributed by atoms with E-state index >= 15 is 0 Å². The number of imide groups is 1. The predicted molar refractivity (Wildman–Crippen MR) is 121 cm³/mol. The summed E-state index contributed by atoms with van der Waals surface area (Å²) in [5.41, 5.74) is 4.43.